The van der Waals surface area contributed by atoms with Crippen molar-refractivity contribution in [3.05, 3.63) is 29.3 Å². The molecule has 0 saturated carbocycles. The first-order valence-corrected chi connectivity index (χ1v) is 23.4. The van der Waals surface area contributed by atoms with Crippen LogP contribution in [0.5, 0.6) is 5.75 Å². The van der Waals surface area contributed by atoms with Gasteiger partial charge in [-0.3, -0.25) is 0 Å². The maximum absolute atomic E-state index is 9.93. The molecule has 7 heteroatoms. The molecule has 0 heterocycles. The Hall–Kier alpha value is 0.880. The van der Waals surface area contributed by atoms with Crippen LogP contribution in [0.2, 0.25) is 0 Å². The van der Waals surface area contributed by atoms with E-state index in [4.69, 9.17) is 41.5 Å². The molecule has 0 aliphatic rings. The Bertz CT molecular complexity index is 387. The first kappa shape index (κ1) is 26.1. The molecule has 23 heavy (non-hydrogen) atoms. The van der Waals surface area contributed by atoms with Crippen LogP contribution in [0.1, 0.15) is 64.5 Å². The first-order chi connectivity index (χ1) is 10.5. The van der Waals surface area contributed by atoms with Crippen LogP contribution in [0.15, 0.2) is 18.2 Å². The van der Waals surface area contributed by atoms with E-state index in [1.165, 1.54) is 0 Å². The molecule has 0 aromatic heterocycles. The molecule has 1 N–H and O–H groups in total. The molecule has 1 rings (SSSR count). The number of hydrogen-bond acceptors (Lipinski definition) is 2. The van der Waals surface area contributed by atoms with Crippen molar-refractivity contribution < 1.29 is 22.6 Å². The van der Waals surface area contributed by atoms with Gasteiger partial charge in [-0.1, -0.05) is 45.9 Å². The number of phenolic OH excluding ortho intramolecular Hbond substituents is 1. The van der Waals surface area contributed by atoms with Crippen LogP contribution in [-0.4, -0.2) is 18.3 Å². The van der Waals surface area contributed by atoms with E-state index in [-0.39, 0.29) is 0 Å². The number of halogens is 4. The van der Waals surface area contributed by atoms with Gasteiger partial charge in [0.2, 0.25) is 0 Å². The van der Waals surface area contributed by atoms with Crippen molar-refractivity contribution >= 4 is 36.8 Å². The molecular formula is C16H28Cl4O2Ta. The third-order valence-corrected chi connectivity index (χ3v) is 2.75. The molecular weight excluding hydrogens is 547 g/mol. The van der Waals surface area contributed by atoms with Gasteiger partial charge in [-0.15, -0.1) is 0 Å². The van der Waals surface area contributed by atoms with E-state index in [1.807, 2.05) is 32.0 Å². The predicted octanol–water partition coefficient (Wildman–Crippen LogP) is 7.44. The number of rotatable bonds is 4. The van der Waals surface area contributed by atoms with Crippen LogP contribution in [0.4, 0.5) is 0 Å². The van der Waals surface area contributed by atoms with Gasteiger partial charge in [0.15, 0.2) is 0 Å². The molecule has 0 aliphatic heterocycles. The van der Waals surface area contributed by atoms with Gasteiger partial charge in [0.25, 0.3) is 0 Å². The van der Waals surface area contributed by atoms with Crippen molar-refractivity contribution in [3.8, 4) is 5.75 Å². The normalized spacial score (nSPS) is 10.8. The van der Waals surface area contributed by atoms with Gasteiger partial charge in [-0.25, -0.2) is 0 Å². The molecule has 0 amide bonds. The molecule has 1 aromatic rings. The van der Waals surface area contributed by atoms with Crippen LogP contribution in [-0.2, 0) is 17.5 Å². The summed E-state index contributed by atoms with van der Waals surface area (Å²) < 4.78 is 4.83. The van der Waals surface area contributed by atoms with Gasteiger partial charge in [-0.05, 0) is 36.8 Å². The van der Waals surface area contributed by atoms with Crippen LogP contribution >= 0.6 is 36.8 Å². The van der Waals surface area contributed by atoms with E-state index >= 15 is 0 Å². The van der Waals surface area contributed by atoms with Gasteiger partial charge in [0.1, 0.15) is 5.75 Å². The van der Waals surface area contributed by atoms with Gasteiger partial charge in [-0.2, -0.15) is 0 Å². The third-order valence-electron chi connectivity index (χ3n) is 2.75. The van der Waals surface area contributed by atoms with E-state index in [0.717, 1.165) is 24.3 Å². The predicted molar refractivity (Wildman–Crippen MR) is 102 cm³/mol. The maximum atomic E-state index is 9.93. The summed E-state index contributed by atoms with van der Waals surface area (Å²) in [6.07, 6.45) is 0. The second kappa shape index (κ2) is 14.1. The zero-order valence-corrected chi connectivity index (χ0v) is 20.9. The van der Waals surface area contributed by atoms with Gasteiger partial charge >= 0.3 is 49.6 Å². The summed E-state index contributed by atoms with van der Waals surface area (Å²) in [5.74, 6) is 1.25. The van der Waals surface area contributed by atoms with Crippen molar-refractivity contribution in [3.63, 3.8) is 0 Å². The van der Waals surface area contributed by atoms with Gasteiger partial charge in [0, 0.05) is 13.2 Å². The van der Waals surface area contributed by atoms with Crippen molar-refractivity contribution in [1.29, 1.82) is 0 Å². The minimum absolute atomic E-state index is 0.388. The summed E-state index contributed by atoms with van der Waals surface area (Å²) in [4.78, 5) is 0. The summed E-state index contributed by atoms with van der Waals surface area (Å²) in [7, 11) is 20.2. The number of hydrogen-bond donors (Lipinski definition) is 1. The first-order valence-electron chi connectivity index (χ1n) is 7.52. The number of ether oxygens (including phenoxy) is 1. The topological polar surface area (TPSA) is 29.5 Å². The minimum atomic E-state index is -3.33. The van der Waals surface area contributed by atoms with Crippen molar-refractivity contribution in [2.75, 3.05) is 13.2 Å². The Morgan fingerprint density at radius 1 is 0.913 bits per heavy atom. The Morgan fingerprint density at radius 2 is 1.22 bits per heavy atom. The fraction of sp³-hybridized carbons (Fsp3) is 0.625. The fourth-order valence-electron chi connectivity index (χ4n) is 1.72. The fourth-order valence-corrected chi connectivity index (χ4v) is 1.72. The van der Waals surface area contributed by atoms with Crippen LogP contribution < -0.4 is 0 Å². The molecule has 0 bridgehead atoms. The van der Waals surface area contributed by atoms with Crippen LogP contribution in [0, 0.1) is 0 Å². The van der Waals surface area contributed by atoms with E-state index in [9.17, 15) is 5.11 Å². The van der Waals surface area contributed by atoms with Crippen molar-refractivity contribution in [2.24, 2.45) is 0 Å². The van der Waals surface area contributed by atoms with Gasteiger partial charge < -0.3 is 9.84 Å². The van der Waals surface area contributed by atoms with E-state index in [2.05, 4.69) is 27.7 Å². The molecule has 0 aliphatic carbocycles. The Balaban J connectivity index is 0. The Morgan fingerprint density at radius 3 is 1.39 bits per heavy atom. The van der Waals surface area contributed by atoms with Gasteiger partial charge in [0.05, 0.1) is 0 Å². The number of aromatic hydroxyl groups is 1. The van der Waals surface area contributed by atoms with Crippen molar-refractivity contribution in [1.82, 2.24) is 0 Å². The van der Waals surface area contributed by atoms with Crippen molar-refractivity contribution in [2.45, 2.75) is 53.4 Å². The summed E-state index contributed by atoms with van der Waals surface area (Å²) in [6, 6.07) is 6.00. The second-order valence-corrected chi connectivity index (χ2v) is 33.1. The summed E-state index contributed by atoms with van der Waals surface area (Å²) in [6.45, 7) is 14.1. The number of benzene rings is 1. The SMILES string of the molecule is CC(C)c1cccc(C(C)C)c1O.CCOCC.[Cl][Ta]([Cl])([Cl])[Cl]. The average Bonchev–Trinajstić information content (AvgIpc) is 2.38. The monoisotopic (exact) mass is 573 g/mol. The zero-order chi connectivity index (χ0) is 18.6. The molecule has 0 spiro atoms. The molecule has 0 unspecified atom stereocenters. The zero-order valence-electron chi connectivity index (χ0n) is 14.6. The average molecular weight is 575 g/mol. The Kier molecular flexibility index (Phi) is 16.0. The summed E-state index contributed by atoms with van der Waals surface area (Å²) in [5, 5.41) is 9.93. The molecule has 0 saturated heterocycles. The molecule has 0 radical (unpaired) electrons. The van der Waals surface area contributed by atoms with Crippen LogP contribution in [0.25, 0.3) is 0 Å². The molecule has 0 atom stereocenters. The Labute approximate surface area is 160 Å². The van der Waals surface area contributed by atoms with E-state index in [0.29, 0.717) is 17.6 Å². The summed E-state index contributed by atoms with van der Waals surface area (Å²) in [5.41, 5.74) is 2.09. The molecule has 0 fully saturated rings. The molecule has 137 valence electrons. The summed E-state index contributed by atoms with van der Waals surface area (Å²) >= 11 is -3.33. The number of para-hydroxylation sites is 1. The molecule has 2 nitrogen and oxygen atoms in total. The van der Waals surface area contributed by atoms with Crippen LogP contribution in [0.3, 0.4) is 0 Å². The molecule has 1 aromatic carbocycles. The quantitative estimate of drug-likeness (QED) is 0.405. The number of phenols is 1. The van der Waals surface area contributed by atoms with E-state index in [1.54, 1.807) is 0 Å². The third kappa shape index (κ3) is 16.1. The van der Waals surface area contributed by atoms with E-state index < -0.39 is 12.8 Å². The standard InChI is InChI=1S/C12H18O.C4H10O.4ClH.Ta/c1-8(2)10-6-5-7-11(9(3)4)12(10)13;1-3-5-4-2;;;;;/h5-9,13H,1-4H3;3-4H2,1-2H3;4*1H;/q;;;;;;+4/p-4. The second-order valence-electron chi connectivity index (χ2n) is 5.26.